The van der Waals surface area contributed by atoms with Crippen LogP contribution in [0.5, 0.6) is 5.75 Å². The van der Waals surface area contributed by atoms with Gasteiger partial charge in [-0.2, -0.15) is 0 Å². The fourth-order valence-electron chi connectivity index (χ4n) is 2.07. The van der Waals surface area contributed by atoms with Crippen molar-refractivity contribution in [2.75, 3.05) is 11.4 Å². The number of nitrogens with zero attached hydrogens (tertiary/aromatic N) is 1. The molecule has 0 bridgehead atoms. The number of carboxylic acid groups (broad SMARTS) is 1. The maximum Gasteiger partial charge on any atom is 0.346 e. The molecule has 21 heavy (non-hydrogen) atoms. The van der Waals surface area contributed by atoms with Gasteiger partial charge in [-0.05, 0) is 19.1 Å². The Morgan fingerprint density at radius 1 is 1.57 bits per heavy atom. The van der Waals surface area contributed by atoms with Crippen LogP contribution in [-0.4, -0.2) is 35.8 Å². The first-order valence-electron chi connectivity index (χ1n) is 6.53. The summed E-state index contributed by atoms with van der Waals surface area (Å²) in [6, 6.07) is 6.24. The Kier molecular flexibility index (Phi) is 4.33. The number of para-hydroxylation sites is 2. The van der Waals surface area contributed by atoms with Gasteiger partial charge in [-0.25, -0.2) is 9.59 Å². The van der Waals surface area contributed by atoms with Gasteiger partial charge in [-0.3, -0.25) is 4.90 Å². The summed E-state index contributed by atoms with van der Waals surface area (Å²) in [5, 5.41) is 11.9. The minimum atomic E-state index is -1.11. The first-order chi connectivity index (χ1) is 10.0. The van der Waals surface area contributed by atoms with Crippen molar-refractivity contribution >= 4 is 17.7 Å². The SMILES string of the molecule is C#CCC(C)NC(=O)N1CC(C(=O)O)Oc2ccccc21. The molecule has 0 saturated heterocycles. The molecule has 0 aromatic heterocycles. The van der Waals surface area contributed by atoms with E-state index in [4.69, 9.17) is 16.3 Å². The van der Waals surface area contributed by atoms with E-state index < -0.39 is 12.1 Å². The van der Waals surface area contributed by atoms with Crippen LogP contribution in [0.1, 0.15) is 13.3 Å². The Balaban J connectivity index is 2.23. The third kappa shape index (κ3) is 3.26. The molecule has 6 nitrogen and oxygen atoms in total. The van der Waals surface area contributed by atoms with Gasteiger partial charge in [0, 0.05) is 12.5 Å². The van der Waals surface area contributed by atoms with Crippen molar-refractivity contribution in [3.63, 3.8) is 0 Å². The molecule has 0 saturated carbocycles. The van der Waals surface area contributed by atoms with Crippen molar-refractivity contribution in [3.8, 4) is 18.1 Å². The van der Waals surface area contributed by atoms with E-state index in [0.717, 1.165) is 0 Å². The second-order valence-corrected chi connectivity index (χ2v) is 4.78. The number of hydrogen-bond acceptors (Lipinski definition) is 3. The lowest BCUT2D eigenvalue weighted by Crippen LogP contribution is -2.52. The molecule has 0 radical (unpaired) electrons. The van der Waals surface area contributed by atoms with E-state index in [9.17, 15) is 9.59 Å². The van der Waals surface area contributed by atoms with Crippen molar-refractivity contribution in [1.29, 1.82) is 0 Å². The third-order valence-corrected chi connectivity index (χ3v) is 3.09. The number of amides is 2. The van der Waals surface area contributed by atoms with Gasteiger partial charge in [0.1, 0.15) is 5.75 Å². The second kappa shape index (κ2) is 6.18. The lowest BCUT2D eigenvalue weighted by Gasteiger charge is -2.33. The number of carbonyl (C=O) groups excluding carboxylic acids is 1. The Morgan fingerprint density at radius 3 is 2.95 bits per heavy atom. The summed E-state index contributed by atoms with van der Waals surface area (Å²) in [7, 11) is 0. The van der Waals surface area contributed by atoms with Crippen LogP contribution in [0.3, 0.4) is 0 Å². The fourth-order valence-corrected chi connectivity index (χ4v) is 2.07. The Bertz CT molecular complexity index is 594. The molecule has 110 valence electrons. The van der Waals surface area contributed by atoms with Crippen LogP contribution in [0.25, 0.3) is 0 Å². The van der Waals surface area contributed by atoms with Crippen molar-refractivity contribution in [1.82, 2.24) is 5.32 Å². The number of rotatable bonds is 3. The molecular formula is C15H16N2O4. The summed E-state index contributed by atoms with van der Waals surface area (Å²) < 4.78 is 5.37. The summed E-state index contributed by atoms with van der Waals surface area (Å²) in [5.41, 5.74) is 0.542. The van der Waals surface area contributed by atoms with Crippen molar-refractivity contribution in [3.05, 3.63) is 24.3 Å². The van der Waals surface area contributed by atoms with Gasteiger partial charge in [-0.15, -0.1) is 12.3 Å². The van der Waals surface area contributed by atoms with Gasteiger partial charge in [0.25, 0.3) is 0 Å². The number of hydrogen-bond donors (Lipinski definition) is 2. The van der Waals surface area contributed by atoms with Crippen LogP contribution in [-0.2, 0) is 4.79 Å². The van der Waals surface area contributed by atoms with Gasteiger partial charge in [-0.1, -0.05) is 12.1 Å². The first-order valence-corrected chi connectivity index (χ1v) is 6.53. The molecule has 2 N–H and O–H groups in total. The summed E-state index contributed by atoms with van der Waals surface area (Å²) in [6.07, 6.45) is 4.52. The van der Waals surface area contributed by atoms with Crippen LogP contribution in [0.15, 0.2) is 24.3 Å². The fraction of sp³-hybridized carbons (Fsp3) is 0.333. The normalized spacial score (nSPS) is 17.9. The molecule has 2 unspecified atom stereocenters. The monoisotopic (exact) mass is 288 g/mol. The summed E-state index contributed by atoms with van der Waals surface area (Å²) >= 11 is 0. The van der Waals surface area contributed by atoms with Crippen LogP contribution in [0.4, 0.5) is 10.5 Å². The maximum atomic E-state index is 12.3. The summed E-state index contributed by atoms with van der Waals surface area (Å²) in [5.74, 6) is 1.73. The van der Waals surface area contributed by atoms with Gasteiger partial charge >= 0.3 is 12.0 Å². The van der Waals surface area contributed by atoms with Crippen molar-refractivity contribution < 1.29 is 19.4 Å². The number of terminal acetylenes is 1. The minimum Gasteiger partial charge on any atom is -0.478 e. The molecule has 1 aromatic carbocycles. The van der Waals surface area contributed by atoms with Gasteiger partial charge < -0.3 is 15.2 Å². The first kappa shape index (κ1) is 14.7. The van der Waals surface area contributed by atoms with E-state index in [1.54, 1.807) is 31.2 Å². The van der Waals surface area contributed by atoms with E-state index in [2.05, 4.69) is 11.2 Å². The maximum absolute atomic E-state index is 12.3. The van der Waals surface area contributed by atoms with E-state index in [1.165, 1.54) is 4.90 Å². The molecule has 1 aliphatic rings. The quantitative estimate of drug-likeness (QED) is 0.825. The number of aliphatic carboxylic acids is 1. The Hall–Kier alpha value is -2.68. The molecular weight excluding hydrogens is 272 g/mol. The van der Waals surface area contributed by atoms with Crippen LogP contribution in [0.2, 0.25) is 0 Å². The van der Waals surface area contributed by atoms with Crippen molar-refractivity contribution in [2.45, 2.75) is 25.5 Å². The summed E-state index contributed by atoms with van der Waals surface area (Å²) in [4.78, 5) is 24.8. The van der Waals surface area contributed by atoms with E-state index in [1.807, 2.05) is 0 Å². The zero-order valence-corrected chi connectivity index (χ0v) is 11.6. The van der Waals surface area contributed by atoms with Crippen LogP contribution < -0.4 is 15.0 Å². The van der Waals surface area contributed by atoms with Gasteiger partial charge in [0.15, 0.2) is 0 Å². The third-order valence-electron chi connectivity index (χ3n) is 3.09. The predicted molar refractivity (Wildman–Crippen MR) is 77.3 cm³/mol. The number of nitrogens with one attached hydrogen (secondary N) is 1. The van der Waals surface area contributed by atoms with Gasteiger partial charge in [0.2, 0.25) is 6.10 Å². The number of anilines is 1. The number of urea groups is 1. The highest BCUT2D eigenvalue weighted by molar-refractivity contribution is 5.95. The predicted octanol–water partition coefficient (Wildman–Crippen LogP) is 1.46. The highest BCUT2D eigenvalue weighted by Gasteiger charge is 2.33. The standard InChI is InChI=1S/C15H16N2O4/c1-3-6-10(2)16-15(20)17-9-13(14(18)19)21-12-8-5-4-7-11(12)17/h1,4-5,7-8,10,13H,6,9H2,2H3,(H,16,20)(H,18,19). The molecule has 2 atom stereocenters. The number of benzene rings is 1. The van der Waals surface area contributed by atoms with E-state index in [-0.39, 0.29) is 18.6 Å². The Morgan fingerprint density at radius 2 is 2.29 bits per heavy atom. The van der Waals surface area contributed by atoms with Crippen LogP contribution in [0, 0.1) is 12.3 Å². The average molecular weight is 288 g/mol. The molecule has 1 heterocycles. The number of carboxylic acids is 1. The molecule has 2 amide bonds. The minimum absolute atomic E-state index is 0.0546. The number of fused-ring (bicyclic) bond motifs is 1. The average Bonchev–Trinajstić information content (AvgIpc) is 2.46. The molecule has 6 heteroatoms. The summed E-state index contributed by atoms with van der Waals surface area (Å²) in [6.45, 7) is 1.74. The smallest absolute Gasteiger partial charge is 0.346 e. The highest BCUT2D eigenvalue weighted by Crippen LogP contribution is 2.33. The topological polar surface area (TPSA) is 78.9 Å². The lowest BCUT2D eigenvalue weighted by atomic mass is 10.2. The van der Waals surface area contributed by atoms with Gasteiger partial charge in [0.05, 0.1) is 12.2 Å². The van der Waals surface area contributed by atoms with Crippen molar-refractivity contribution in [2.24, 2.45) is 0 Å². The molecule has 1 aliphatic heterocycles. The lowest BCUT2D eigenvalue weighted by molar-refractivity contribution is -0.144. The van der Waals surface area contributed by atoms with E-state index >= 15 is 0 Å². The second-order valence-electron chi connectivity index (χ2n) is 4.78. The van der Waals surface area contributed by atoms with Crippen LogP contribution >= 0.6 is 0 Å². The largest absolute Gasteiger partial charge is 0.478 e. The molecule has 2 rings (SSSR count). The zero-order valence-electron chi connectivity index (χ0n) is 11.6. The molecule has 0 spiro atoms. The zero-order chi connectivity index (χ0) is 15.4. The van der Waals surface area contributed by atoms with E-state index in [0.29, 0.717) is 17.9 Å². The number of ether oxygens (including phenoxy) is 1. The number of carbonyl (C=O) groups is 2. The molecule has 0 aliphatic carbocycles. The Labute approximate surface area is 122 Å². The highest BCUT2D eigenvalue weighted by atomic mass is 16.5. The molecule has 0 fully saturated rings. The molecule has 1 aromatic rings.